The van der Waals surface area contributed by atoms with Crippen molar-refractivity contribution in [3.05, 3.63) is 6.33 Å². The number of nitrogen functional groups attached to an aromatic ring is 1. The lowest BCUT2D eigenvalue weighted by molar-refractivity contribution is 0.0835. The van der Waals surface area contributed by atoms with Crippen molar-refractivity contribution in [1.29, 1.82) is 0 Å². The highest BCUT2D eigenvalue weighted by molar-refractivity contribution is 5.66. The van der Waals surface area contributed by atoms with E-state index in [-0.39, 0.29) is 12.1 Å². The summed E-state index contributed by atoms with van der Waals surface area (Å²) in [5, 5.41) is 12.4. The van der Waals surface area contributed by atoms with Crippen molar-refractivity contribution in [3.8, 4) is 5.88 Å². The quantitative estimate of drug-likeness (QED) is 0.702. The molecule has 1 heterocycles. The van der Waals surface area contributed by atoms with Crippen LogP contribution in [0.3, 0.4) is 0 Å². The Bertz CT molecular complexity index is 380. The zero-order valence-corrected chi connectivity index (χ0v) is 9.89. The first-order chi connectivity index (χ1) is 8.20. The van der Waals surface area contributed by atoms with Gasteiger partial charge in [0.15, 0.2) is 5.82 Å². The lowest BCUT2D eigenvalue weighted by Crippen LogP contribution is -2.39. The van der Waals surface area contributed by atoms with Gasteiger partial charge in [0.25, 0.3) is 0 Å². The summed E-state index contributed by atoms with van der Waals surface area (Å²) < 4.78 is 5.42. The molecule has 4 N–H and O–H groups in total. The molecule has 6 nitrogen and oxygen atoms in total. The van der Waals surface area contributed by atoms with Gasteiger partial charge in [-0.15, -0.1) is 0 Å². The summed E-state index contributed by atoms with van der Waals surface area (Å²) in [6.45, 7) is 2.61. The van der Waals surface area contributed by atoms with E-state index >= 15 is 0 Å². The van der Waals surface area contributed by atoms with Gasteiger partial charge in [0.1, 0.15) is 12.0 Å². The smallest absolute Gasteiger partial charge is 0.242 e. The number of aromatic nitrogens is 2. The van der Waals surface area contributed by atoms with Crippen LogP contribution in [-0.2, 0) is 0 Å². The fraction of sp³-hybridized carbons (Fsp3) is 0.636. The molecule has 0 unspecified atom stereocenters. The third-order valence-corrected chi connectivity index (χ3v) is 2.74. The predicted octanol–water partition coefficient (Wildman–Crippen LogP) is 0.783. The molecule has 1 fully saturated rings. The van der Waals surface area contributed by atoms with Crippen molar-refractivity contribution in [2.24, 2.45) is 0 Å². The molecule has 6 heteroatoms. The summed E-state index contributed by atoms with van der Waals surface area (Å²) in [4.78, 5) is 8.08. The number of nitrogens with one attached hydrogen (secondary N) is 1. The summed E-state index contributed by atoms with van der Waals surface area (Å²) in [5.41, 5.74) is 6.34. The fourth-order valence-corrected chi connectivity index (χ4v) is 1.71. The molecule has 1 aromatic rings. The molecule has 0 aliphatic heterocycles. The highest BCUT2D eigenvalue weighted by Crippen LogP contribution is 2.29. The molecule has 17 heavy (non-hydrogen) atoms. The van der Waals surface area contributed by atoms with E-state index < -0.39 is 0 Å². The first-order valence-corrected chi connectivity index (χ1v) is 5.88. The van der Waals surface area contributed by atoms with Gasteiger partial charge in [-0.05, 0) is 19.3 Å². The van der Waals surface area contributed by atoms with Gasteiger partial charge in [-0.3, -0.25) is 0 Å². The van der Waals surface area contributed by atoms with Crippen LogP contribution in [0.25, 0.3) is 0 Å². The Hall–Kier alpha value is -1.56. The largest absolute Gasteiger partial charge is 0.476 e. The van der Waals surface area contributed by atoms with Crippen LogP contribution in [-0.4, -0.2) is 33.8 Å². The van der Waals surface area contributed by atoms with Crippen molar-refractivity contribution >= 4 is 11.5 Å². The SMILES string of the molecule is CCCOc1ncnc(NC2CC(O)C2)c1N. The van der Waals surface area contributed by atoms with E-state index in [4.69, 9.17) is 10.5 Å². The summed E-state index contributed by atoms with van der Waals surface area (Å²) in [6, 6.07) is 0.237. The number of hydrogen-bond donors (Lipinski definition) is 3. The Morgan fingerprint density at radius 3 is 2.94 bits per heavy atom. The molecular weight excluding hydrogens is 220 g/mol. The van der Waals surface area contributed by atoms with Crippen molar-refractivity contribution in [2.45, 2.75) is 38.3 Å². The van der Waals surface area contributed by atoms with Gasteiger partial charge >= 0.3 is 0 Å². The third kappa shape index (κ3) is 2.76. The molecule has 0 spiro atoms. The van der Waals surface area contributed by atoms with Gasteiger partial charge in [-0.1, -0.05) is 6.92 Å². The predicted molar refractivity (Wildman–Crippen MR) is 64.9 cm³/mol. The van der Waals surface area contributed by atoms with Crippen LogP contribution in [0.5, 0.6) is 5.88 Å². The molecule has 0 radical (unpaired) electrons. The Morgan fingerprint density at radius 1 is 1.53 bits per heavy atom. The van der Waals surface area contributed by atoms with Crippen LogP contribution in [0.15, 0.2) is 6.33 Å². The van der Waals surface area contributed by atoms with Crippen LogP contribution < -0.4 is 15.8 Å². The van der Waals surface area contributed by atoms with Gasteiger partial charge in [-0.25, -0.2) is 4.98 Å². The van der Waals surface area contributed by atoms with Crippen LogP contribution in [0.2, 0.25) is 0 Å². The summed E-state index contributed by atoms with van der Waals surface area (Å²) in [7, 11) is 0. The lowest BCUT2D eigenvalue weighted by atomic mass is 9.89. The number of rotatable bonds is 5. The zero-order chi connectivity index (χ0) is 12.3. The second kappa shape index (κ2) is 5.18. The maximum atomic E-state index is 9.21. The zero-order valence-electron chi connectivity index (χ0n) is 9.89. The van der Waals surface area contributed by atoms with Gasteiger partial charge in [0.2, 0.25) is 5.88 Å². The minimum atomic E-state index is -0.202. The van der Waals surface area contributed by atoms with Crippen molar-refractivity contribution in [2.75, 3.05) is 17.7 Å². The first kappa shape index (κ1) is 11.9. The number of aliphatic hydroxyl groups excluding tert-OH is 1. The summed E-state index contributed by atoms with van der Waals surface area (Å²) in [6.07, 6.45) is 3.59. The number of hydrogen-bond acceptors (Lipinski definition) is 6. The van der Waals surface area contributed by atoms with E-state index in [0.29, 0.717) is 24.0 Å². The van der Waals surface area contributed by atoms with Gasteiger partial charge in [0.05, 0.1) is 12.7 Å². The van der Waals surface area contributed by atoms with E-state index in [2.05, 4.69) is 15.3 Å². The molecule has 1 aliphatic rings. The fourth-order valence-electron chi connectivity index (χ4n) is 1.71. The molecule has 1 aromatic heterocycles. The van der Waals surface area contributed by atoms with E-state index in [1.807, 2.05) is 6.92 Å². The van der Waals surface area contributed by atoms with Crippen LogP contribution >= 0.6 is 0 Å². The van der Waals surface area contributed by atoms with E-state index in [0.717, 1.165) is 19.3 Å². The molecule has 0 aromatic carbocycles. The average molecular weight is 238 g/mol. The average Bonchev–Trinajstić information content (AvgIpc) is 2.28. The first-order valence-electron chi connectivity index (χ1n) is 5.88. The Morgan fingerprint density at radius 2 is 2.29 bits per heavy atom. The molecule has 1 aliphatic carbocycles. The molecule has 0 amide bonds. The molecule has 94 valence electrons. The van der Waals surface area contributed by atoms with Crippen molar-refractivity contribution < 1.29 is 9.84 Å². The highest BCUT2D eigenvalue weighted by Gasteiger charge is 2.28. The minimum Gasteiger partial charge on any atom is -0.476 e. The number of anilines is 2. The number of nitrogens with zero attached hydrogens (tertiary/aromatic N) is 2. The van der Waals surface area contributed by atoms with Crippen LogP contribution in [0.4, 0.5) is 11.5 Å². The summed E-state index contributed by atoms with van der Waals surface area (Å²) >= 11 is 0. The second-order valence-corrected chi connectivity index (χ2v) is 4.26. The molecule has 0 atom stereocenters. The summed E-state index contributed by atoms with van der Waals surface area (Å²) in [5.74, 6) is 1.01. The third-order valence-electron chi connectivity index (χ3n) is 2.74. The van der Waals surface area contributed by atoms with E-state index in [1.54, 1.807) is 0 Å². The highest BCUT2D eigenvalue weighted by atomic mass is 16.5. The maximum absolute atomic E-state index is 9.21. The maximum Gasteiger partial charge on any atom is 0.242 e. The molecular formula is C11H18N4O2. The number of nitrogens with two attached hydrogens (primary N) is 1. The molecule has 0 bridgehead atoms. The Balaban J connectivity index is 2.01. The van der Waals surface area contributed by atoms with E-state index in [1.165, 1.54) is 6.33 Å². The van der Waals surface area contributed by atoms with E-state index in [9.17, 15) is 5.11 Å². The molecule has 1 saturated carbocycles. The Labute approximate surface area is 100 Å². The van der Waals surface area contributed by atoms with Gasteiger partial charge in [-0.2, -0.15) is 4.98 Å². The van der Waals surface area contributed by atoms with Crippen LogP contribution in [0, 0.1) is 0 Å². The standard InChI is InChI=1S/C11H18N4O2/c1-2-3-17-11-9(12)10(13-6-14-11)15-7-4-8(16)5-7/h6-8,16H,2-5,12H2,1H3,(H,13,14,15). The van der Waals surface area contributed by atoms with Crippen molar-refractivity contribution in [1.82, 2.24) is 9.97 Å². The normalized spacial score (nSPS) is 22.9. The lowest BCUT2D eigenvalue weighted by Gasteiger charge is -2.32. The second-order valence-electron chi connectivity index (χ2n) is 4.26. The number of aliphatic hydroxyl groups is 1. The van der Waals surface area contributed by atoms with Gasteiger partial charge in [0, 0.05) is 6.04 Å². The molecule has 2 rings (SSSR count). The van der Waals surface area contributed by atoms with Crippen molar-refractivity contribution in [3.63, 3.8) is 0 Å². The molecule has 0 saturated heterocycles. The topological polar surface area (TPSA) is 93.3 Å². The Kier molecular flexibility index (Phi) is 3.63. The minimum absolute atomic E-state index is 0.202. The van der Waals surface area contributed by atoms with Gasteiger partial charge < -0.3 is 20.9 Å². The van der Waals surface area contributed by atoms with Crippen LogP contribution in [0.1, 0.15) is 26.2 Å². The number of ether oxygens (including phenoxy) is 1. The monoisotopic (exact) mass is 238 g/mol.